The van der Waals surface area contributed by atoms with Crippen molar-refractivity contribution in [1.29, 1.82) is 0 Å². The highest BCUT2D eigenvalue weighted by molar-refractivity contribution is 5.95. The van der Waals surface area contributed by atoms with Crippen molar-refractivity contribution in [2.45, 2.75) is 25.7 Å². The van der Waals surface area contributed by atoms with Crippen LogP contribution in [0.15, 0.2) is 18.5 Å². The van der Waals surface area contributed by atoms with Crippen LogP contribution in [0, 0.1) is 6.92 Å². The molecule has 0 unspecified atom stereocenters. The molecule has 2 N–H and O–H groups in total. The summed E-state index contributed by atoms with van der Waals surface area (Å²) in [5, 5.41) is 13.7. The molecular weight excluding hydrogens is 242 g/mol. The number of aryl methyl sites for hydroxylation is 1. The smallest absolute Gasteiger partial charge is 0.257 e. The highest BCUT2D eigenvalue weighted by Crippen LogP contribution is 2.26. The van der Waals surface area contributed by atoms with Crippen molar-refractivity contribution in [1.82, 2.24) is 25.3 Å². The van der Waals surface area contributed by atoms with Crippen LogP contribution in [-0.4, -0.2) is 44.3 Å². The summed E-state index contributed by atoms with van der Waals surface area (Å²) in [5.74, 6) is 0.419. The molecule has 0 aliphatic carbocycles. The lowest BCUT2D eigenvalue weighted by Crippen LogP contribution is -2.39. The van der Waals surface area contributed by atoms with Gasteiger partial charge in [0.05, 0.1) is 11.8 Å². The number of aromatic amines is 2. The fourth-order valence-electron chi connectivity index (χ4n) is 2.65. The lowest BCUT2D eigenvalue weighted by molar-refractivity contribution is 0.0705. The average molecular weight is 259 g/mol. The van der Waals surface area contributed by atoms with Crippen LogP contribution in [0.5, 0.6) is 0 Å². The van der Waals surface area contributed by atoms with E-state index in [0.29, 0.717) is 11.5 Å². The first-order valence-electron chi connectivity index (χ1n) is 6.54. The predicted octanol–water partition coefficient (Wildman–Crippen LogP) is 1.46. The van der Waals surface area contributed by atoms with E-state index >= 15 is 0 Å². The molecule has 3 heterocycles. The normalized spacial score (nSPS) is 19.6. The van der Waals surface area contributed by atoms with Gasteiger partial charge in [0.2, 0.25) is 0 Å². The van der Waals surface area contributed by atoms with Gasteiger partial charge in [0.15, 0.2) is 0 Å². The van der Waals surface area contributed by atoms with E-state index in [1.165, 1.54) is 0 Å². The van der Waals surface area contributed by atoms with E-state index in [9.17, 15) is 4.79 Å². The van der Waals surface area contributed by atoms with Crippen LogP contribution in [0.3, 0.4) is 0 Å². The first-order chi connectivity index (χ1) is 9.25. The molecule has 0 radical (unpaired) electrons. The molecule has 2 aromatic heterocycles. The fraction of sp³-hybridized carbons (Fsp3) is 0.462. The number of hydrogen-bond donors (Lipinski definition) is 2. The van der Waals surface area contributed by atoms with Crippen LogP contribution in [0.4, 0.5) is 0 Å². The Morgan fingerprint density at radius 1 is 1.42 bits per heavy atom. The predicted molar refractivity (Wildman–Crippen MR) is 69.8 cm³/mol. The summed E-state index contributed by atoms with van der Waals surface area (Å²) in [6.07, 6.45) is 5.48. The minimum absolute atomic E-state index is 0.0652. The van der Waals surface area contributed by atoms with Gasteiger partial charge in [0, 0.05) is 36.6 Å². The second-order valence-electron chi connectivity index (χ2n) is 5.01. The molecule has 0 aromatic carbocycles. The number of nitrogens with one attached hydrogen (secondary N) is 2. The van der Waals surface area contributed by atoms with Crippen LogP contribution in [0.1, 0.15) is 40.5 Å². The molecule has 0 saturated carbocycles. The Hall–Kier alpha value is -2.11. The Balaban J connectivity index is 1.75. The number of carbonyl (C=O) groups is 1. The summed E-state index contributed by atoms with van der Waals surface area (Å²) >= 11 is 0. The molecule has 1 saturated heterocycles. The monoisotopic (exact) mass is 259 g/mol. The van der Waals surface area contributed by atoms with Crippen molar-refractivity contribution in [3.05, 3.63) is 35.4 Å². The van der Waals surface area contributed by atoms with Gasteiger partial charge in [0.1, 0.15) is 0 Å². The van der Waals surface area contributed by atoms with Gasteiger partial charge in [-0.2, -0.15) is 10.2 Å². The number of hydrogen-bond acceptors (Lipinski definition) is 3. The summed E-state index contributed by atoms with van der Waals surface area (Å²) < 4.78 is 0. The third-order valence-corrected chi connectivity index (χ3v) is 3.73. The topological polar surface area (TPSA) is 77.7 Å². The van der Waals surface area contributed by atoms with E-state index in [0.717, 1.165) is 37.3 Å². The maximum Gasteiger partial charge on any atom is 0.257 e. The fourth-order valence-corrected chi connectivity index (χ4v) is 2.65. The number of nitrogens with zero attached hydrogens (tertiary/aromatic N) is 3. The van der Waals surface area contributed by atoms with Gasteiger partial charge in [-0.15, -0.1) is 0 Å². The van der Waals surface area contributed by atoms with E-state index in [4.69, 9.17) is 0 Å². The zero-order valence-corrected chi connectivity index (χ0v) is 10.9. The number of amides is 1. The van der Waals surface area contributed by atoms with Crippen molar-refractivity contribution >= 4 is 5.91 Å². The molecule has 1 atom stereocenters. The highest BCUT2D eigenvalue weighted by Gasteiger charge is 2.27. The van der Waals surface area contributed by atoms with E-state index in [-0.39, 0.29) is 5.91 Å². The molecule has 3 rings (SSSR count). The van der Waals surface area contributed by atoms with E-state index in [1.54, 1.807) is 12.4 Å². The third-order valence-electron chi connectivity index (χ3n) is 3.73. The van der Waals surface area contributed by atoms with Crippen molar-refractivity contribution < 1.29 is 4.79 Å². The largest absolute Gasteiger partial charge is 0.338 e. The Labute approximate surface area is 111 Å². The lowest BCUT2D eigenvalue weighted by Gasteiger charge is -2.32. The molecule has 0 bridgehead atoms. The summed E-state index contributed by atoms with van der Waals surface area (Å²) in [7, 11) is 0. The second-order valence-corrected chi connectivity index (χ2v) is 5.01. The first-order valence-corrected chi connectivity index (χ1v) is 6.54. The summed E-state index contributed by atoms with van der Waals surface area (Å²) in [4.78, 5) is 14.3. The van der Waals surface area contributed by atoms with Crippen molar-refractivity contribution in [3.8, 4) is 0 Å². The van der Waals surface area contributed by atoms with Gasteiger partial charge in [-0.25, -0.2) is 0 Å². The SMILES string of the molecule is Cc1[nH]ncc1C(=O)N1CCC[C@@H](c2ccn[nH]2)C1. The highest BCUT2D eigenvalue weighted by atomic mass is 16.2. The van der Waals surface area contributed by atoms with Gasteiger partial charge < -0.3 is 4.90 Å². The lowest BCUT2D eigenvalue weighted by atomic mass is 9.94. The standard InChI is InChI=1S/C13H17N5O/c1-9-11(7-15-16-9)13(19)18-6-2-3-10(8-18)12-4-5-14-17-12/h4-5,7,10H,2-3,6,8H2,1H3,(H,14,17)(H,15,16)/t10-/m1/s1. The number of H-pyrrole nitrogens is 2. The molecule has 6 nitrogen and oxygen atoms in total. The zero-order chi connectivity index (χ0) is 13.2. The number of piperidine rings is 1. The maximum absolute atomic E-state index is 12.4. The molecule has 1 fully saturated rings. The summed E-state index contributed by atoms with van der Waals surface area (Å²) in [5.41, 5.74) is 2.61. The molecule has 1 aliphatic heterocycles. The van der Waals surface area contributed by atoms with Crippen LogP contribution >= 0.6 is 0 Å². The van der Waals surface area contributed by atoms with Gasteiger partial charge in [-0.05, 0) is 25.8 Å². The minimum Gasteiger partial charge on any atom is -0.338 e. The molecule has 1 amide bonds. The molecular formula is C13H17N5O. The minimum atomic E-state index is 0.0652. The molecule has 100 valence electrons. The molecule has 0 spiro atoms. The summed E-state index contributed by atoms with van der Waals surface area (Å²) in [6, 6.07) is 1.99. The van der Waals surface area contributed by atoms with Gasteiger partial charge in [-0.3, -0.25) is 15.0 Å². The number of likely N-dealkylation sites (tertiary alicyclic amines) is 1. The van der Waals surface area contributed by atoms with Gasteiger partial charge in [0.25, 0.3) is 5.91 Å². The second kappa shape index (κ2) is 4.87. The number of carbonyl (C=O) groups excluding carboxylic acids is 1. The Bertz CT molecular complexity index is 559. The maximum atomic E-state index is 12.4. The van der Waals surface area contributed by atoms with Crippen LogP contribution in [0.25, 0.3) is 0 Å². The van der Waals surface area contributed by atoms with Gasteiger partial charge >= 0.3 is 0 Å². The quantitative estimate of drug-likeness (QED) is 0.857. The van der Waals surface area contributed by atoms with Crippen molar-refractivity contribution in [2.24, 2.45) is 0 Å². The van der Waals surface area contributed by atoms with E-state index < -0.39 is 0 Å². The van der Waals surface area contributed by atoms with Crippen LogP contribution in [-0.2, 0) is 0 Å². The number of rotatable bonds is 2. The first kappa shape index (κ1) is 12.0. The molecule has 19 heavy (non-hydrogen) atoms. The molecule has 6 heteroatoms. The Kier molecular flexibility index (Phi) is 3.06. The van der Waals surface area contributed by atoms with Crippen molar-refractivity contribution in [3.63, 3.8) is 0 Å². The van der Waals surface area contributed by atoms with Crippen LogP contribution in [0.2, 0.25) is 0 Å². The van der Waals surface area contributed by atoms with Crippen molar-refractivity contribution in [2.75, 3.05) is 13.1 Å². The van der Waals surface area contributed by atoms with Crippen LogP contribution < -0.4 is 0 Å². The van der Waals surface area contributed by atoms with E-state index in [1.807, 2.05) is 17.9 Å². The Morgan fingerprint density at radius 3 is 3.00 bits per heavy atom. The summed E-state index contributed by atoms with van der Waals surface area (Å²) in [6.45, 7) is 3.43. The Morgan fingerprint density at radius 2 is 2.32 bits per heavy atom. The molecule has 1 aliphatic rings. The van der Waals surface area contributed by atoms with Gasteiger partial charge in [-0.1, -0.05) is 0 Å². The average Bonchev–Trinajstić information content (AvgIpc) is 3.09. The third kappa shape index (κ3) is 2.25. The number of aromatic nitrogens is 4. The zero-order valence-electron chi connectivity index (χ0n) is 10.9. The van der Waals surface area contributed by atoms with E-state index in [2.05, 4.69) is 20.4 Å². The molecule has 2 aromatic rings.